The molecule has 3 aliphatic rings. The highest BCUT2D eigenvalue weighted by Crippen LogP contribution is 2.39. The standard InChI is InChI=1S/C18H22F3N3O/c19-18(20,21)16-5-4-15(8-22-16)23-7-6-14(11-23)17(25)24-9-12-2-1-3-13(12)10-24/h4-5,8,12-14H,1-3,6-7,9-11H2. The van der Waals surface area contributed by atoms with E-state index in [4.69, 9.17) is 0 Å². The van der Waals surface area contributed by atoms with Crippen molar-refractivity contribution in [3.8, 4) is 0 Å². The summed E-state index contributed by atoms with van der Waals surface area (Å²) in [6.07, 6.45) is 1.36. The minimum absolute atomic E-state index is 0.0545. The molecule has 3 unspecified atom stereocenters. The van der Waals surface area contributed by atoms with Gasteiger partial charge in [0, 0.05) is 26.2 Å². The molecule has 4 rings (SSSR count). The number of alkyl halides is 3. The second-order valence-electron chi connectivity index (χ2n) is 7.53. The zero-order valence-electron chi connectivity index (χ0n) is 14.0. The molecule has 3 atom stereocenters. The van der Waals surface area contributed by atoms with Crippen LogP contribution in [0, 0.1) is 17.8 Å². The van der Waals surface area contributed by atoms with Gasteiger partial charge >= 0.3 is 6.18 Å². The second kappa shape index (κ2) is 6.18. The minimum Gasteiger partial charge on any atom is -0.369 e. The summed E-state index contributed by atoms with van der Waals surface area (Å²) in [5.41, 5.74) is -0.228. The first kappa shape index (κ1) is 16.7. The van der Waals surface area contributed by atoms with Crippen molar-refractivity contribution in [1.82, 2.24) is 9.88 Å². The number of pyridine rings is 1. The van der Waals surface area contributed by atoms with Gasteiger partial charge in [-0.25, -0.2) is 4.98 Å². The lowest BCUT2D eigenvalue weighted by Crippen LogP contribution is -2.36. The Morgan fingerprint density at radius 3 is 2.40 bits per heavy atom. The summed E-state index contributed by atoms with van der Waals surface area (Å²) in [7, 11) is 0. The number of likely N-dealkylation sites (tertiary alicyclic amines) is 1. The molecule has 3 heterocycles. The van der Waals surface area contributed by atoms with Crippen molar-refractivity contribution in [2.24, 2.45) is 17.8 Å². The molecular weight excluding hydrogens is 331 g/mol. The Kier molecular flexibility index (Phi) is 4.12. The van der Waals surface area contributed by atoms with Crippen molar-refractivity contribution in [1.29, 1.82) is 0 Å². The first-order chi connectivity index (χ1) is 11.9. The lowest BCUT2D eigenvalue weighted by molar-refractivity contribution is -0.141. The van der Waals surface area contributed by atoms with Gasteiger partial charge in [0.2, 0.25) is 5.91 Å². The van der Waals surface area contributed by atoms with E-state index in [2.05, 4.69) is 4.98 Å². The third-order valence-corrected chi connectivity index (χ3v) is 5.98. The van der Waals surface area contributed by atoms with Crippen molar-refractivity contribution in [2.75, 3.05) is 31.1 Å². The van der Waals surface area contributed by atoms with Crippen molar-refractivity contribution < 1.29 is 18.0 Å². The quantitative estimate of drug-likeness (QED) is 0.819. The van der Waals surface area contributed by atoms with E-state index in [0.29, 0.717) is 30.6 Å². The minimum atomic E-state index is -4.42. The molecule has 4 nitrogen and oxygen atoms in total. The van der Waals surface area contributed by atoms with Crippen molar-refractivity contribution in [3.63, 3.8) is 0 Å². The number of aromatic nitrogens is 1. The van der Waals surface area contributed by atoms with Crippen LogP contribution in [0.4, 0.5) is 18.9 Å². The number of hydrogen-bond acceptors (Lipinski definition) is 3. The molecule has 2 aliphatic heterocycles. The van der Waals surface area contributed by atoms with Gasteiger partial charge < -0.3 is 9.80 Å². The van der Waals surface area contributed by atoms with E-state index in [1.54, 1.807) is 0 Å². The molecule has 0 radical (unpaired) electrons. The topological polar surface area (TPSA) is 36.4 Å². The Hall–Kier alpha value is -1.79. The van der Waals surface area contributed by atoms with Crippen molar-refractivity contribution >= 4 is 11.6 Å². The third kappa shape index (κ3) is 3.20. The van der Waals surface area contributed by atoms with Gasteiger partial charge in [-0.1, -0.05) is 6.42 Å². The van der Waals surface area contributed by atoms with E-state index < -0.39 is 11.9 Å². The van der Waals surface area contributed by atoms with Crippen LogP contribution in [0.5, 0.6) is 0 Å². The highest BCUT2D eigenvalue weighted by molar-refractivity contribution is 5.80. The molecule has 0 aromatic carbocycles. The maximum atomic E-state index is 12.8. The number of anilines is 1. The van der Waals surface area contributed by atoms with Crippen LogP contribution >= 0.6 is 0 Å². The average molecular weight is 353 g/mol. The average Bonchev–Trinajstić information content (AvgIpc) is 3.29. The zero-order valence-corrected chi connectivity index (χ0v) is 14.0. The molecule has 0 bridgehead atoms. The van der Waals surface area contributed by atoms with Crippen LogP contribution in [0.25, 0.3) is 0 Å². The summed E-state index contributed by atoms with van der Waals surface area (Å²) in [5, 5.41) is 0. The summed E-state index contributed by atoms with van der Waals surface area (Å²) in [5.74, 6) is 1.53. The second-order valence-corrected chi connectivity index (χ2v) is 7.53. The number of carbonyl (C=O) groups is 1. The highest BCUT2D eigenvalue weighted by Gasteiger charge is 2.41. The molecule has 1 aliphatic carbocycles. The van der Waals surface area contributed by atoms with Gasteiger partial charge in [-0.05, 0) is 43.2 Å². The van der Waals surface area contributed by atoms with Crippen molar-refractivity contribution in [2.45, 2.75) is 31.9 Å². The Bertz CT molecular complexity index is 634. The molecular formula is C18H22F3N3O. The number of hydrogen-bond donors (Lipinski definition) is 0. The Balaban J connectivity index is 1.37. The Morgan fingerprint density at radius 1 is 1.08 bits per heavy atom. The summed E-state index contributed by atoms with van der Waals surface area (Å²) >= 11 is 0. The van der Waals surface area contributed by atoms with Crippen LogP contribution in [0.3, 0.4) is 0 Å². The summed E-state index contributed by atoms with van der Waals surface area (Å²) in [4.78, 5) is 20.3. The predicted octanol–water partition coefficient (Wildman–Crippen LogP) is 3.19. The fourth-order valence-electron chi connectivity index (χ4n) is 4.61. The lowest BCUT2D eigenvalue weighted by atomic mass is 10.0. The van der Waals surface area contributed by atoms with Gasteiger partial charge in [0.1, 0.15) is 5.69 Å². The summed E-state index contributed by atoms with van der Waals surface area (Å²) < 4.78 is 37.8. The summed E-state index contributed by atoms with van der Waals surface area (Å²) in [6.45, 7) is 3.03. The molecule has 0 N–H and O–H groups in total. The Morgan fingerprint density at radius 2 is 1.80 bits per heavy atom. The maximum absolute atomic E-state index is 12.8. The van der Waals surface area contributed by atoms with Crippen LogP contribution in [0.1, 0.15) is 31.4 Å². The number of carbonyl (C=O) groups excluding carboxylic acids is 1. The molecule has 136 valence electrons. The number of amides is 1. The molecule has 1 aromatic rings. The van der Waals surface area contributed by atoms with E-state index in [1.165, 1.54) is 31.5 Å². The van der Waals surface area contributed by atoms with Crippen LogP contribution in [-0.2, 0) is 11.0 Å². The zero-order chi connectivity index (χ0) is 17.6. The van der Waals surface area contributed by atoms with Crippen LogP contribution < -0.4 is 4.90 Å². The van der Waals surface area contributed by atoms with E-state index in [-0.39, 0.29) is 11.8 Å². The first-order valence-electron chi connectivity index (χ1n) is 8.99. The molecule has 7 heteroatoms. The Labute approximate surface area is 145 Å². The molecule has 2 saturated heterocycles. The number of nitrogens with zero attached hydrogens (tertiary/aromatic N) is 3. The molecule has 25 heavy (non-hydrogen) atoms. The van der Waals surface area contributed by atoms with Gasteiger partial charge in [0.05, 0.1) is 17.8 Å². The van der Waals surface area contributed by atoms with Gasteiger partial charge in [-0.3, -0.25) is 4.79 Å². The van der Waals surface area contributed by atoms with Gasteiger partial charge in [-0.2, -0.15) is 13.2 Å². The molecule has 3 fully saturated rings. The van der Waals surface area contributed by atoms with Gasteiger partial charge in [0.25, 0.3) is 0 Å². The number of halogens is 3. The fraction of sp³-hybridized carbons (Fsp3) is 0.667. The van der Waals surface area contributed by atoms with E-state index in [9.17, 15) is 18.0 Å². The van der Waals surface area contributed by atoms with Gasteiger partial charge in [0.15, 0.2) is 0 Å². The molecule has 1 aromatic heterocycles. The molecule has 1 saturated carbocycles. The fourth-order valence-corrected chi connectivity index (χ4v) is 4.61. The van der Waals surface area contributed by atoms with Gasteiger partial charge in [-0.15, -0.1) is 0 Å². The summed E-state index contributed by atoms with van der Waals surface area (Å²) in [6, 6.07) is 2.45. The maximum Gasteiger partial charge on any atom is 0.433 e. The largest absolute Gasteiger partial charge is 0.433 e. The highest BCUT2D eigenvalue weighted by atomic mass is 19.4. The van der Waals surface area contributed by atoms with Crippen LogP contribution in [0.15, 0.2) is 18.3 Å². The monoisotopic (exact) mass is 353 g/mol. The third-order valence-electron chi connectivity index (χ3n) is 5.98. The van der Waals surface area contributed by atoms with E-state index in [0.717, 1.165) is 25.6 Å². The predicted molar refractivity (Wildman–Crippen MR) is 87.0 cm³/mol. The SMILES string of the molecule is O=C(C1CCN(c2ccc(C(F)(F)F)nc2)C1)N1CC2CCCC2C1. The number of fused-ring (bicyclic) bond motifs is 1. The van der Waals surface area contributed by atoms with E-state index in [1.807, 2.05) is 9.80 Å². The van der Waals surface area contributed by atoms with Crippen molar-refractivity contribution in [3.05, 3.63) is 24.0 Å². The number of rotatable bonds is 2. The molecule has 0 spiro atoms. The normalized spacial score (nSPS) is 29.3. The van der Waals surface area contributed by atoms with E-state index >= 15 is 0 Å². The van der Waals surface area contributed by atoms with Crippen LogP contribution in [0.2, 0.25) is 0 Å². The molecule has 1 amide bonds. The first-order valence-corrected chi connectivity index (χ1v) is 8.99. The van der Waals surface area contributed by atoms with Crippen LogP contribution in [-0.4, -0.2) is 42.0 Å². The lowest BCUT2D eigenvalue weighted by Gasteiger charge is -2.22. The smallest absolute Gasteiger partial charge is 0.369 e.